The van der Waals surface area contributed by atoms with Gasteiger partial charge in [-0.15, -0.1) is 0 Å². The number of β-amino-alcohol motifs (C(OH)–C–C–N with tert-alkyl or cyclic N) is 1. The molecule has 2 aromatic carbocycles. The fraction of sp³-hybridized carbons (Fsp3) is 0.320. The maximum atomic E-state index is 11.2. The molecule has 170 valence electrons. The SMILES string of the molecule is Cc1ccc([C@](C)(O)CN2CCN(c3ccc(Cl)cc3C#N)[C@H](c3ccc(Cl)cc3)C2)nn1. The number of halogens is 2. The summed E-state index contributed by atoms with van der Waals surface area (Å²) in [5.41, 5.74) is 2.67. The summed E-state index contributed by atoms with van der Waals surface area (Å²) in [7, 11) is 0. The lowest BCUT2D eigenvalue weighted by Crippen LogP contribution is -2.52. The number of aromatic nitrogens is 2. The van der Waals surface area contributed by atoms with E-state index in [1.165, 1.54) is 0 Å². The van der Waals surface area contributed by atoms with Gasteiger partial charge in [-0.3, -0.25) is 4.90 Å². The van der Waals surface area contributed by atoms with Crippen LogP contribution in [0.4, 0.5) is 5.69 Å². The monoisotopic (exact) mass is 481 g/mol. The molecule has 1 aliphatic heterocycles. The summed E-state index contributed by atoms with van der Waals surface area (Å²) in [6, 6.07) is 19.1. The molecule has 0 bridgehead atoms. The lowest BCUT2D eigenvalue weighted by molar-refractivity contribution is 0.00604. The van der Waals surface area contributed by atoms with Crippen LogP contribution in [0.5, 0.6) is 0 Å². The second-order valence-electron chi connectivity index (χ2n) is 8.60. The molecule has 2 atom stereocenters. The highest BCUT2D eigenvalue weighted by Gasteiger charge is 2.35. The summed E-state index contributed by atoms with van der Waals surface area (Å²) in [5.74, 6) is 0. The Morgan fingerprint density at radius 1 is 1.06 bits per heavy atom. The minimum atomic E-state index is -1.15. The molecule has 1 aliphatic rings. The van der Waals surface area contributed by atoms with Gasteiger partial charge < -0.3 is 10.0 Å². The van der Waals surface area contributed by atoms with Crippen LogP contribution in [-0.4, -0.2) is 46.4 Å². The van der Waals surface area contributed by atoms with E-state index < -0.39 is 5.60 Å². The van der Waals surface area contributed by atoms with Crippen molar-refractivity contribution in [2.24, 2.45) is 0 Å². The first-order valence-electron chi connectivity index (χ1n) is 10.7. The second-order valence-corrected chi connectivity index (χ2v) is 9.48. The van der Waals surface area contributed by atoms with E-state index in [1.54, 1.807) is 13.0 Å². The van der Waals surface area contributed by atoms with Crippen molar-refractivity contribution in [3.05, 3.63) is 87.2 Å². The van der Waals surface area contributed by atoms with Crippen molar-refractivity contribution in [3.63, 3.8) is 0 Å². The maximum absolute atomic E-state index is 11.2. The maximum Gasteiger partial charge on any atom is 0.118 e. The lowest BCUT2D eigenvalue weighted by Gasteiger charge is -2.45. The van der Waals surface area contributed by atoms with E-state index in [2.05, 4.69) is 26.1 Å². The number of piperazine rings is 1. The third-order valence-electron chi connectivity index (χ3n) is 5.99. The predicted octanol–water partition coefficient (Wildman–Crippen LogP) is 4.73. The highest BCUT2D eigenvalue weighted by molar-refractivity contribution is 6.31. The first kappa shape index (κ1) is 23.5. The molecule has 1 N–H and O–H groups in total. The Morgan fingerprint density at radius 2 is 1.79 bits per heavy atom. The fourth-order valence-corrected chi connectivity index (χ4v) is 4.59. The molecule has 8 heteroatoms. The molecule has 6 nitrogen and oxygen atoms in total. The lowest BCUT2D eigenvalue weighted by atomic mass is 9.97. The van der Waals surface area contributed by atoms with Crippen molar-refractivity contribution >= 4 is 28.9 Å². The molecule has 0 radical (unpaired) electrons. The van der Waals surface area contributed by atoms with Gasteiger partial charge in [-0.2, -0.15) is 15.5 Å². The van der Waals surface area contributed by atoms with E-state index in [0.717, 1.165) is 16.9 Å². The molecule has 1 aromatic heterocycles. The minimum Gasteiger partial charge on any atom is -0.382 e. The molecule has 1 fully saturated rings. The molecule has 0 unspecified atom stereocenters. The number of nitrogens with zero attached hydrogens (tertiary/aromatic N) is 5. The standard InChI is InChI=1S/C25H25Cl2N5O/c1-17-3-10-24(30-29-17)25(2,33)16-31-11-12-32(22-9-8-21(27)13-19(22)14-28)23(15-31)18-4-6-20(26)7-5-18/h3-10,13,23,33H,11-12,15-16H2,1-2H3/t23-,25+/m0/s1. The molecule has 0 spiro atoms. The number of aliphatic hydroxyl groups is 1. The predicted molar refractivity (Wildman–Crippen MR) is 130 cm³/mol. The first-order valence-corrected chi connectivity index (χ1v) is 11.5. The van der Waals surface area contributed by atoms with Gasteiger partial charge in [0.05, 0.1) is 28.7 Å². The van der Waals surface area contributed by atoms with E-state index in [9.17, 15) is 10.4 Å². The number of benzene rings is 2. The Balaban J connectivity index is 1.63. The second kappa shape index (κ2) is 9.66. The Labute approximate surface area is 204 Å². The number of hydrogen-bond acceptors (Lipinski definition) is 6. The van der Waals surface area contributed by atoms with Crippen molar-refractivity contribution in [2.75, 3.05) is 31.1 Å². The summed E-state index contributed by atoms with van der Waals surface area (Å²) in [5, 5.41) is 30.4. The molecule has 0 aliphatic carbocycles. The number of hydrogen-bond donors (Lipinski definition) is 1. The molecule has 0 saturated carbocycles. The smallest absolute Gasteiger partial charge is 0.118 e. The molecule has 1 saturated heterocycles. The molecule has 0 amide bonds. The van der Waals surface area contributed by atoms with E-state index in [0.29, 0.717) is 47.5 Å². The highest BCUT2D eigenvalue weighted by Crippen LogP contribution is 2.35. The molecule has 33 heavy (non-hydrogen) atoms. The number of anilines is 1. The van der Waals surface area contributed by atoms with Crippen LogP contribution in [0.2, 0.25) is 10.0 Å². The molecular formula is C25H25Cl2N5O. The number of nitriles is 1. The Morgan fingerprint density at radius 3 is 2.45 bits per heavy atom. The Bertz CT molecular complexity index is 1160. The molecule has 4 rings (SSSR count). The third kappa shape index (κ3) is 5.29. The quantitative estimate of drug-likeness (QED) is 0.567. The van der Waals surface area contributed by atoms with Gasteiger partial charge >= 0.3 is 0 Å². The highest BCUT2D eigenvalue weighted by atomic mass is 35.5. The van der Waals surface area contributed by atoms with Crippen molar-refractivity contribution < 1.29 is 5.11 Å². The zero-order valence-corrected chi connectivity index (χ0v) is 20.1. The van der Waals surface area contributed by atoms with Gasteiger partial charge in [0.2, 0.25) is 0 Å². The summed E-state index contributed by atoms with van der Waals surface area (Å²) in [4.78, 5) is 4.45. The zero-order valence-electron chi connectivity index (χ0n) is 18.5. The summed E-state index contributed by atoms with van der Waals surface area (Å²) in [6.07, 6.45) is 0. The van der Waals surface area contributed by atoms with Gasteiger partial charge in [0.1, 0.15) is 11.7 Å². The van der Waals surface area contributed by atoms with Crippen LogP contribution < -0.4 is 4.90 Å². The van der Waals surface area contributed by atoms with Crippen molar-refractivity contribution in [3.8, 4) is 6.07 Å². The molecule has 3 aromatic rings. The van der Waals surface area contributed by atoms with Crippen LogP contribution >= 0.6 is 23.2 Å². The van der Waals surface area contributed by atoms with Crippen LogP contribution in [0, 0.1) is 18.3 Å². The van der Waals surface area contributed by atoms with Gasteiger partial charge in [-0.05, 0) is 61.9 Å². The van der Waals surface area contributed by atoms with Gasteiger partial charge in [0, 0.05) is 36.2 Å². The van der Waals surface area contributed by atoms with Crippen LogP contribution in [0.25, 0.3) is 0 Å². The van der Waals surface area contributed by atoms with Crippen LogP contribution in [0.3, 0.4) is 0 Å². The molecular weight excluding hydrogens is 457 g/mol. The fourth-order valence-electron chi connectivity index (χ4n) is 4.29. The van der Waals surface area contributed by atoms with Crippen molar-refractivity contribution in [2.45, 2.75) is 25.5 Å². The van der Waals surface area contributed by atoms with Gasteiger partial charge in [0.15, 0.2) is 0 Å². The summed E-state index contributed by atoms with van der Waals surface area (Å²) in [6.45, 7) is 6.10. The van der Waals surface area contributed by atoms with Crippen LogP contribution in [-0.2, 0) is 5.60 Å². The van der Waals surface area contributed by atoms with Crippen molar-refractivity contribution in [1.82, 2.24) is 15.1 Å². The van der Waals surface area contributed by atoms with Crippen LogP contribution in [0.15, 0.2) is 54.6 Å². The first-order chi connectivity index (χ1) is 15.8. The summed E-state index contributed by atoms with van der Waals surface area (Å²) >= 11 is 12.3. The Hall–Kier alpha value is -2.69. The number of aryl methyl sites for hydroxylation is 1. The van der Waals surface area contributed by atoms with E-state index in [-0.39, 0.29) is 6.04 Å². The van der Waals surface area contributed by atoms with E-state index >= 15 is 0 Å². The summed E-state index contributed by atoms with van der Waals surface area (Å²) < 4.78 is 0. The average molecular weight is 482 g/mol. The normalized spacial score (nSPS) is 18.5. The van der Waals surface area contributed by atoms with E-state index in [4.69, 9.17) is 23.2 Å². The van der Waals surface area contributed by atoms with Gasteiger partial charge in [-0.1, -0.05) is 35.3 Å². The minimum absolute atomic E-state index is 0.0378. The van der Waals surface area contributed by atoms with Crippen LogP contribution in [0.1, 0.15) is 35.5 Å². The Kier molecular flexibility index (Phi) is 6.87. The van der Waals surface area contributed by atoms with Gasteiger partial charge in [-0.25, -0.2) is 0 Å². The topological polar surface area (TPSA) is 76.3 Å². The van der Waals surface area contributed by atoms with Crippen molar-refractivity contribution in [1.29, 1.82) is 5.26 Å². The third-order valence-corrected chi connectivity index (χ3v) is 6.48. The zero-order chi connectivity index (χ0) is 23.6. The van der Waals surface area contributed by atoms with E-state index in [1.807, 2.05) is 55.5 Å². The largest absolute Gasteiger partial charge is 0.382 e. The van der Waals surface area contributed by atoms with Gasteiger partial charge in [0.25, 0.3) is 0 Å². The molecule has 2 heterocycles. The number of rotatable bonds is 5. The average Bonchev–Trinajstić information content (AvgIpc) is 2.80.